The lowest BCUT2D eigenvalue weighted by Crippen LogP contribution is -2.47. The molecule has 0 aliphatic carbocycles. The summed E-state index contributed by atoms with van der Waals surface area (Å²) in [6, 6.07) is 8.62. The molecule has 2 atom stereocenters. The Morgan fingerprint density at radius 1 is 1.33 bits per heavy atom. The first-order valence-electron chi connectivity index (χ1n) is 5.18. The molecule has 1 heterocycles. The Morgan fingerprint density at radius 3 is 2.50 bits per heavy atom. The fraction of sp³-hybridized carbons (Fsp3) is 0.364. The molecule has 1 aliphatic rings. The van der Waals surface area contributed by atoms with E-state index in [1.165, 1.54) is 0 Å². The van der Waals surface area contributed by atoms with Crippen molar-refractivity contribution in [2.75, 3.05) is 0 Å². The lowest BCUT2D eigenvalue weighted by atomic mass is 10.0. The van der Waals surface area contributed by atoms with Gasteiger partial charge in [0.2, 0.25) is 0 Å². The molecule has 3 nitrogen and oxygen atoms in total. The number of aliphatic hydroxyl groups is 1. The van der Waals surface area contributed by atoms with Crippen LogP contribution in [0.4, 0.5) is 13.2 Å². The third-order valence-corrected chi connectivity index (χ3v) is 3.71. The zero-order chi connectivity index (χ0) is 13.4. The Labute approximate surface area is 106 Å². The Kier molecular flexibility index (Phi) is 3.29. The van der Waals surface area contributed by atoms with E-state index in [4.69, 9.17) is 5.73 Å². The summed E-state index contributed by atoms with van der Waals surface area (Å²) in [5.41, 5.74) is 2.98. The molecular formula is C11H11F3N2OS. The van der Waals surface area contributed by atoms with E-state index >= 15 is 0 Å². The monoisotopic (exact) mass is 276 g/mol. The summed E-state index contributed by atoms with van der Waals surface area (Å²) in [6.45, 7) is 0. The average molecular weight is 276 g/mol. The van der Waals surface area contributed by atoms with Gasteiger partial charge in [-0.25, -0.2) is 4.99 Å². The van der Waals surface area contributed by atoms with Gasteiger partial charge in [-0.1, -0.05) is 42.1 Å². The first-order chi connectivity index (χ1) is 8.32. The summed E-state index contributed by atoms with van der Waals surface area (Å²) in [7, 11) is 0. The molecule has 3 N–H and O–H groups in total. The molecule has 0 radical (unpaired) electrons. The minimum absolute atomic E-state index is 0.255. The number of rotatable bonds is 1. The van der Waals surface area contributed by atoms with E-state index in [1.807, 2.05) is 0 Å². The lowest BCUT2D eigenvalue weighted by molar-refractivity contribution is -0.259. The zero-order valence-corrected chi connectivity index (χ0v) is 10.0. The van der Waals surface area contributed by atoms with Crippen LogP contribution in [0, 0.1) is 0 Å². The van der Waals surface area contributed by atoms with Crippen LogP contribution in [0.1, 0.15) is 17.2 Å². The second-order valence-corrected chi connectivity index (χ2v) is 5.21. The van der Waals surface area contributed by atoms with Gasteiger partial charge in [-0.2, -0.15) is 13.2 Å². The Hall–Kier alpha value is -1.21. The van der Waals surface area contributed by atoms with Crippen molar-refractivity contribution in [1.82, 2.24) is 0 Å². The molecule has 7 heteroatoms. The number of benzene rings is 1. The number of amidine groups is 1. The van der Waals surface area contributed by atoms with Crippen molar-refractivity contribution in [3.8, 4) is 0 Å². The van der Waals surface area contributed by atoms with Crippen LogP contribution >= 0.6 is 11.8 Å². The van der Waals surface area contributed by atoms with E-state index in [9.17, 15) is 18.3 Å². The number of nitrogens with zero attached hydrogens (tertiary/aromatic N) is 1. The summed E-state index contributed by atoms with van der Waals surface area (Å²) in [6.07, 6.45) is -5.36. The van der Waals surface area contributed by atoms with Gasteiger partial charge in [0.15, 0.2) is 5.17 Å². The molecule has 0 saturated heterocycles. The highest BCUT2D eigenvalue weighted by Crippen LogP contribution is 2.47. The van der Waals surface area contributed by atoms with Crippen LogP contribution in [0.3, 0.4) is 0 Å². The number of aliphatic imine (C=N–C) groups is 1. The third kappa shape index (κ3) is 2.46. The molecule has 1 aromatic rings. The van der Waals surface area contributed by atoms with Crippen molar-refractivity contribution in [2.24, 2.45) is 10.7 Å². The molecular weight excluding hydrogens is 265 g/mol. The number of nitrogens with two attached hydrogens (primary N) is 1. The zero-order valence-electron chi connectivity index (χ0n) is 9.19. The smallest absolute Gasteiger partial charge is 0.378 e. The second kappa shape index (κ2) is 4.47. The van der Waals surface area contributed by atoms with Gasteiger partial charge in [0.05, 0.1) is 0 Å². The summed E-state index contributed by atoms with van der Waals surface area (Å²) in [4.78, 5) is 3.15. The largest absolute Gasteiger partial charge is 0.438 e. The molecule has 18 heavy (non-hydrogen) atoms. The van der Waals surface area contributed by atoms with E-state index in [2.05, 4.69) is 4.99 Å². The molecule has 98 valence electrons. The van der Waals surface area contributed by atoms with Crippen molar-refractivity contribution in [1.29, 1.82) is 0 Å². The van der Waals surface area contributed by atoms with Crippen LogP contribution in [-0.2, 0) is 0 Å². The van der Waals surface area contributed by atoms with Crippen LogP contribution in [0.15, 0.2) is 35.3 Å². The minimum Gasteiger partial charge on any atom is -0.378 e. The molecule has 0 fully saturated rings. The van der Waals surface area contributed by atoms with Crippen LogP contribution in [-0.4, -0.2) is 22.2 Å². The first kappa shape index (κ1) is 13.2. The lowest BCUT2D eigenvalue weighted by Gasteiger charge is -2.34. The normalized spacial score (nSPS) is 28.9. The van der Waals surface area contributed by atoms with E-state index in [-0.39, 0.29) is 5.17 Å². The van der Waals surface area contributed by atoms with E-state index < -0.39 is 23.6 Å². The molecule has 2 rings (SSSR count). The van der Waals surface area contributed by atoms with Crippen molar-refractivity contribution < 1.29 is 18.3 Å². The van der Waals surface area contributed by atoms with Crippen molar-refractivity contribution in [3.63, 3.8) is 0 Å². The van der Waals surface area contributed by atoms with Gasteiger partial charge in [0.25, 0.3) is 5.72 Å². The highest BCUT2D eigenvalue weighted by Gasteiger charge is 2.57. The van der Waals surface area contributed by atoms with Crippen LogP contribution < -0.4 is 5.73 Å². The number of hydrogen-bond donors (Lipinski definition) is 2. The van der Waals surface area contributed by atoms with E-state index in [1.54, 1.807) is 30.3 Å². The van der Waals surface area contributed by atoms with E-state index in [0.29, 0.717) is 5.56 Å². The maximum Gasteiger partial charge on any atom is 0.438 e. The topological polar surface area (TPSA) is 58.6 Å². The minimum atomic E-state index is -4.83. The molecule has 1 aliphatic heterocycles. The Bertz CT molecular complexity index is 463. The van der Waals surface area contributed by atoms with Gasteiger partial charge in [-0.15, -0.1) is 0 Å². The van der Waals surface area contributed by atoms with Gasteiger partial charge < -0.3 is 10.8 Å². The number of halogens is 3. The molecule has 0 aromatic heterocycles. The van der Waals surface area contributed by atoms with Crippen molar-refractivity contribution >= 4 is 16.9 Å². The number of alkyl halides is 3. The highest BCUT2D eigenvalue weighted by molar-refractivity contribution is 8.14. The van der Waals surface area contributed by atoms with Crippen LogP contribution in [0.25, 0.3) is 0 Å². The number of thioether (sulfide) groups is 1. The fourth-order valence-corrected chi connectivity index (χ4v) is 2.84. The van der Waals surface area contributed by atoms with E-state index in [0.717, 1.165) is 11.8 Å². The quantitative estimate of drug-likeness (QED) is 0.828. The second-order valence-electron chi connectivity index (χ2n) is 3.99. The van der Waals surface area contributed by atoms with Crippen molar-refractivity contribution in [2.45, 2.75) is 23.6 Å². The fourth-order valence-electron chi connectivity index (χ4n) is 1.73. The summed E-state index contributed by atoms with van der Waals surface area (Å²) in [5, 5.41) is 8.79. The molecule has 0 unspecified atom stereocenters. The predicted octanol–water partition coefficient (Wildman–Crippen LogP) is 2.43. The summed E-state index contributed by atoms with van der Waals surface area (Å²) in [5.74, 6) is 0. The van der Waals surface area contributed by atoms with Crippen molar-refractivity contribution in [3.05, 3.63) is 35.9 Å². The molecule has 1 aromatic carbocycles. The summed E-state index contributed by atoms with van der Waals surface area (Å²) >= 11 is 1.03. The SMILES string of the molecule is NC1=N[C@](O)(C(F)(F)F)C[C@H](c2ccccc2)S1. The number of hydrogen-bond acceptors (Lipinski definition) is 4. The maximum atomic E-state index is 12.8. The van der Waals surface area contributed by atoms with Gasteiger partial charge in [0, 0.05) is 11.7 Å². The van der Waals surface area contributed by atoms with Crippen LogP contribution in [0.2, 0.25) is 0 Å². The predicted molar refractivity (Wildman–Crippen MR) is 64.0 cm³/mol. The van der Waals surface area contributed by atoms with Gasteiger partial charge in [-0.3, -0.25) is 0 Å². The Balaban J connectivity index is 2.32. The molecule has 0 bridgehead atoms. The standard InChI is InChI=1S/C11H11F3N2OS/c12-11(13,14)10(17)6-8(18-9(15)16-10)7-4-2-1-3-5-7/h1-5,8,17H,6H2,(H2,15,16)/t8-,10-/m1/s1. The molecule has 0 spiro atoms. The van der Waals surface area contributed by atoms with Gasteiger partial charge in [0.1, 0.15) is 0 Å². The first-order valence-corrected chi connectivity index (χ1v) is 6.06. The van der Waals surface area contributed by atoms with Gasteiger partial charge in [-0.05, 0) is 5.56 Å². The average Bonchev–Trinajstić information content (AvgIpc) is 2.27. The molecule has 0 saturated carbocycles. The maximum absolute atomic E-state index is 12.8. The Morgan fingerprint density at radius 2 is 1.94 bits per heavy atom. The van der Waals surface area contributed by atoms with Crippen LogP contribution in [0.5, 0.6) is 0 Å². The third-order valence-electron chi connectivity index (χ3n) is 2.65. The molecule has 0 amide bonds. The highest BCUT2D eigenvalue weighted by atomic mass is 32.2. The summed E-state index contributed by atoms with van der Waals surface area (Å²) < 4.78 is 38.3. The van der Waals surface area contributed by atoms with Gasteiger partial charge >= 0.3 is 6.18 Å².